The number of carbonyl (C=O) groups is 2. The lowest BCUT2D eigenvalue weighted by molar-refractivity contribution is -0.137. The number of hydrogen-bond donors (Lipinski definition) is 2. The summed E-state index contributed by atoms with van der Waals surface area (Å²) >= 11 is 6.01. The third-order valence-electron chi connectivity index (χ3n) is 5.62. The largest absolute Gasteiger partial charge is 0.481 e. The van der Waals surface area contributed by atoms with Crippen LogP contribution in [0.4, 0.5) is 4.79 Å². The number of amides is 1. The summed E-state index contributed by atoms with van der Waals surface area (Å²) in [6.07, 6.45) is -0.908. The molecule has 0 bridgehead atoms. The fourth-order valence-electron chi connectivity index (χ4n) is 4.23. The van der Waals surface area contributed by atoms with Crippen molar-refractivity contribution in [2.75, 3.05) is 6.61 Å². The molecule has 5 nitrogen and oxygen atoms in total. The van der Waals surface area contributed by atoms with E-state index in [0.717, 1.165) is 27.8 Å². The van der Waals surface area contributed by atoms with Crippen LogP contribution in [0.5, 0.6) is 0 Å². The minimum absolute atomic E-state index is 0.0617. The zero-order valence-corrected chi connectivity index (χ0v) is 17.7. The Hall–Kier alpha value is -3.31. The summed E-state index contributed by atoms with van der Waals surface area (Å²) < 4.78 is 5.57. The van der Waals surface area contributed by atoms with E-state index in [9.17, 15) is 14.7 Å². The monoisotopic (exact) mass is 435 g/mol. The van der Waals surface area contributed by atoms with Gasteiger partial charge in [0.25, 0.3) is 0 Å². The van der Waals surface area contributed by atoms with Gasteiger partial charge in [-0.25, -0.2) is 4.79 Å². The molecule has 0 radical (unpaired) electrons. The first-order chi connectivity index (χ1) is 14.9. The topological polar surface area (TPSA) is 75.6 Å². The lowest BCUT2D eigenvalue weighted by atomic mass is 9.98. The number of aliphatic carboxylic acids is 1. The Morgan fingerprint density at radius 2 is 1.65 bits per heavy atom. The second-order valence-electron chi connectivity index (χ2n) is 7.62. The molecular formula is C25H22ClNO4. The third kappa shape index (κ3) is 4.42. The fourth-order valence-corrected chi connectivity index (χ4v) is 4.45. The minimum atomic E-state index is -1.02. The van der Waals surface area contributed by atoms with Crippen LogP contribution in [0.3, 0.4) is 0 Å². The lowest BCUT2D eigenvalue weighted by Gasteiger charge is -2.20. The van der Waals surface area contributed by atoms with Gasteiger partial charge in [-0.15, -0.1) is 0 Å². The molecule has 1 unspecified atom stereocenters. The molecule has 31 heavy (non-hydrogen) atoms. The maximum atomic E-state index is 12.6. The standard InChI is InChI=1S/C25H22ClNO4/c1-15-12-16(26)10-11-17(15)23(13-24(28)29)27-25(30)31-14-22-20-8-4-2-6-18(20)19-7-3-5-9-21(19)22/h2-12,22-23H,13-14H2,1H3,(H,27,30)(H,28,29). The summed E-state index contributed by atoms with van der Waals surface area (Å²) in [5.41, 5.74) is 6.03. The molecular weight excluding hydrogens is 414 g/mol. The number of benzene rings is 3. The Balaban J connectivity index is 1.50. The summed E-state index contributed by atoms with van der Waals surface area (Å²) in [4.78, 5) is 24.0. The molecule has 0 spiro atoms. The molecule has 1 aliphatic rings. The fraction of sp³-hybridized carbons (Fsp3) is 0.200. The Labute approximate surface area is 185 Å². The Kier molecular flexibility index (Phi) is 5.96. The molecule has 0 saturated heterocycles. The summed E-state index contributed by atoms with van der Waals surface area (Å²) in [7, 11) is 0. The van der Waals surface area contributed by atoms with Gasteiger partial charge in [0.2, 0.25) is 0 Å². The number of ether oxygens (including phenoxy) is 1. The second-order valence-corrected chi connectivity index (χ2v) is 8.06. The van der Waals surface area contributed by atoms with E-state index in [1.54, 1.807) is 18.2 Å². The Morgan fingerprint density at radius 3 is 2.23 bits per heavy atom. The average Bonchev–Trinajstić information content (AvgIpc) is 3.05. The zero-order chi connectivity index (χ0) is 22.0. The first-order valence-electron chi connectivity index (χ1n) is 10.0. The van der Waals surface area contributed by atoms with Crippen LogP contribution in [0.1, 0.15) is 40.6 Å². The molecule has 1 amide bonds. The number of carboxylic acid groups (broad SMARTS) is 1. The number of fused-ring (bicyclic) bond motifs is 3. The number of alkyl carbamates (subject to hydrolysis) is 1. The number of carboxylic acids is 1. The highest BCUT2D eigenvalue weighted by molar-refractivity contribution is 6.30. The predicted octanol–water partition coefficient (Wildman–Crippen LogP) is 5.70. The van der Waals surface area contributed by atoms with Gasteiger partial charge < -0.3 is 15.2 Å². The highest BCUT2D eigenvalue weighted by Crippen LogP contribution is 2.44. The maximum absolute atomic E-state index is 12.6. The molecule has 3 aromatic rings. The van der Waals surface area contributed by atoms with Gasteiger partial charge in [-0.3, -0.25) is 4.79 Å². The molecule has 6 heteroatoms. The van der Waals surface area contributed by atoms with Crippen LogP contribution in [0, 0.1) is 6.92 Å². The lowest BCUT2D eigenvalue weighted by Crippen LogP contribution is -2.32. The van der Waals surface area contributed by atoms with E-state index < -0.39 is 18.1 Å². The summed E-state index contributed by atoms with van der Waals surface area (Å²) in [6, 6.07) is 20.6. The summed E-state index contributed by atoms with van der Waals surface area (Å²) in [5.74, 6) is -1.08. The van der Waals surface area contributed by atoms with Gasteiger partial charge in [-0.1, -0.05) is 66.2 Å². The van der Waals surface area contributed by atoms with Gasteiger partial charge in [0, 0.05) is 10.9 Å². The zero-order valence-electron chi connectivity index (χ0n) is 17.0. The predicted molar refractivity (Wildman–Crippen MR) is 119 cm³/mol. The van der Waals surface area contributed by atoms with Gasteiger partial charge in [-0.2, -0.15) is 0 Å². The highest BCUT2D eigenvalue weighted by atomic mass is 35.5. The number of nitrogens with one attached hydrogen (secondary N) is 1. The van der Waals surface area contributed by atoms with Crippen molar-refractivity contribution in [3.63, 3.8) is 0 Å². The number of hydrogen-bond acceptors (Lipinski definition) is 3. The highest BCUT2D eigenvalue weighted by Gasteiger charge is 2.29. The molecule has 4 rings (SSSR count). The number of aryl methyl sites for hydroxylation is 1. The van der Waals surface area contributed by atoms with E-state index in [2.05, 4.69) is 17.4 Å². The van der Waals surface area contributed by atoms with E-state index in [4.69, 9.17) is 16.3 Å². The molecule has 2 N–H and O–H groups in total. The SMILES string of the molecule is Cc1cc(Cl)ccc1C(CC(=O)O)NC(=O)OCC1c2ccccc2-c2ccccc21. The van der Waals surface area contributed by atoms with Crippen molar-refractivity contribution in [3.05, 3.63) is 94.0 Å². The van der Waals surface area contributed by atoms with Crippen LogP contribution in [-0.2, 0) is 9.53 Å². The maximum Gasteiger partial charge on any atom is 0.407 e. The summed E-state index contributed by atoms with van der Waals surface area (Å²) in [6.45, 7) is 1.99. The van der Waals surface area contributed by atoms with Crippen molar-refractivity contribution < 1.29 is 19.4 Å². The molecule has 3 aromatic carbocycles. The van der Waals surface area contributed by atoms with Crippen molar-refractivity contribution >= 4 is 23.7 Å². The van der Waals surface area contributed by atoms with Gasteiger partial charge in [0.1, 0.15) is 6.61 Å². The van der Waals surface area contributed by atoms with Gasteiger partial charge >= 0.3 is 12.1 Å². The minimum Gasteiger partial charge on any atom is -0.481 e. The van der Waals surface area contributed by atoms with Crippen LogP contribution in [0.15, 0.2) is 66.7 Å². The third-order valence-corrected chi connectivity index (χ3v) is 5.86. The number of halogens is 1. The van der Waals surface area contributed by atoms with Gasteiger partial charge in [0.05, 0.1) is 12.5 Å². The van der Waals surface area contributed by atoms with Crippen LogP contribution < -0.4 is 5.32 Å². The van der Waals surface area contributed by atoms with Crippen molar-refractivity contribution in [2.24, 2.45) is 0 Å². The number of rotatable bonds is 6. The molecule has 0 fully saturated rings. The molecule has 1 atom stereocenters. The van der Waals surface area contributed by atoms with Crippen molar-refractivity contribution in [3.8, 4) is 11.1 Å². The molecule has 1 aliphatic carbocycles. The Bertz CT molecular complexity index is 1100. The van der Waals surface area contributed by atoms with Crippen LogP contribution in [0.2, 0.25) is 5.02 Å². The van der Waals surface area contributed by atoms with Crippen LogP contribution in [-0.4, -0.2) is 23.8 Å². The molecule has 0 aliphatic heterocycles. The molecule has 0 aromatic heterocycles. The normalized spacial score (nSPS) is 13.2. The van der Waals surface area contributed by atoms with E-state index in [1.807, 2.05) is 43.3 Å². The Morgan fingerprint density at radius 1 is 1.03 bits per heavy atom. The smallest absolute Gasteiger partial charge is 0.407 e. The van der Waals surface area contributed by atoms with Crippen LogP contribution >= 0.6 is 11.6 Å². The van der Waals surface area contributed by atoms with E-state index in [1.165, 1.54) is 0 Å². The summed E-state index contributed by atoms with van der Waals surface area (Å²) in [5, 5.41) is 12.6. The number of carbonyl (C=O) groups excluding carboxylic acids is 1. The molecule has 0 saturated carbocycles. The second kappa shape index (κ2) is 8.82. The van der Waals surface area contributed by atoms with E-state index in [0.29, 0.717) is 10.6 Å². The van der Waals surface area contributed by atoms with Crippen molar-refractivity contribution in [1.82, 2.24) is 5.32 Å². The van der Waals surface area contributed by atoms with Crippen molar-refractivity contribution in [2.45, 2.75) is 25.3 Å². The first kappa shape index (κ1) is 20.9. The van der Waals surface area contributed by atoms with E-state index >= 15 is 0 Å². The van der Waals surface area contributed by atoms with Gasteiger partial charge in [-0.05, 0) is 52.4 Å². The first-order valence-corrected chi connectivity index (χ1v) is 10.4. The quantitative estimate of drug-likeness (QED) is 0.520. The average molecular weight is 436 g/mol. The van der Waals surface area contributed by atoms with E-state index in [-0.39, 0.29) is 18.9 Å². The van der Waals surface area contributed by atoms with Crippen molar-refractivity contribution in [1.29, 1.82) is 0 Å². The molecule has 158 valence electrons. The van der Waals surface area contributed by atoms with Crippen LogP contribution in [0.25, 0.3) is 11.1 Å². The molecule has 0 heterocycles. The van der Waals surface area contributed by atoms with Gasteiger partial charge in [0.15, 0.2) is 0 Å².